The van der Waals surface area contributed by atoms with Crippen LogP contribution in [0.15, 0.2) is 24.5 Å². The third kappa shape index (κ3) is 3.08. The monoisotopic (exact) mass is 287 g/mol. The molecule has 0 aromatic carbocycles. The van der Waals surface area contributed by atoms with E-state index in [-0.39, 0.29) is 5.78 Å². The number of carbonyl (C=O) groups excluding carboxylic acids is 1. The molecule has 3 heterocycles. The minimum absolute atomic E-state index is 0.118. The van der Waals surface area contributed by atoms with Gasteiger partial charge in [0.2, 0.25) is 0 Å². The molecule has 0 aliphatic carbocycles. The van der Waals surface area contributed by atoms with Crippen molar-refractivity contribution in [2.75, 3.05) is 26.2 Å². The van der Waals surface area contributed by atoms with Crippen LogP contribution < -0.4 is 4.74 Å². The minimum Gasteiger partial charge on any atom is -0.491 e. The molecule has 1 fully saturated rings. The highest BCUT2D eigenvalue weighted by Crippen LogP contribution is 2.18. The zero-order chi connectivity index (χ0) is 14.7. The van der Waals surface area contributed by atoms with Crippen molar-refractivity contribution in [1.29, 1.82) is 0 Å². The van der Waals surface area contributed by atoms with Crippen molar-refractivity contribution < 1.29 is 9.53 Å². The first-order chi connectivity index (χ1) is 10.3. The third-order valence-corrected chi connectivity index (χ3v) is 3.99. The number of fused-ring (bicyclic) bond motifs is 1. The lowest BCUT2D eigenvalue weighted by molar-refractivity contribution is 0.0989. The van der Waals surface area contributed by atoms with Gasteiger partial charge in [0.25, 0.3) is 0 Å². The molecule has 1 aliphatic heterocycles. The van der Waals surface area contributed by atoms with Gasteiger partial charge in [-0.25, -0.2) is 4.52 Å². The second kappa shape index (κ2) is 6.26. The summed E-state index contributed by atoms with van der Waals surface area (Å²) in [5.74, 6) is 0.910. The Balaban J connectivity index is 1.65. The van der Waals surface area contributed by atoms with Crippen LogP contribution in [0.2, 0.25) is 0 Å². The van der Waals surface area contributed by atoms with Gasteiger partial charge in [0.15, 0.2) is 5.78 Å². The number of ether oxygens (including phenoxy) is 1. The van der Waals surface area contributed by atoms with E-state index in [1.807, 2.05) is 25.3 Å². The number of ketones is 1. The second-order valence-corrected chi connectivity index (χ2v) is 5.43. The molecule has 5 heteroatoms. The van der Waals surface area contributed by atoms with Gasteiger partial charge < -0.3 is 4.74 Å². The largest absolute Gasteiger partial charge is 0.491 e. The number of hydrogen-bond acceptors (Lipinski definition) is 4. The van der Waals surface area contributed by atoms with E-state index in [0.29, 0.717) is 18.6 Å². The van der Waals surface area contributed by atoms with E-state index in [0.717, 1.165) is 17.8 Å². The molecular weight excluding hydrogens is 266 g/mol. The normalized spacial score (nSPS) is 15.7. The molecule has 0 amide bonds. The zero-order valence-electron chi connectivity index (χ0n) is 12.4. The van der Waals surface area contributed by atoms with Gasteiger partial charge in [-0.1, -0.05) is 6.92 Å². The number of pyridine rings is 1. The molecule has 2 aromatic rings. The predicted molar refractivity (Wildman–Crippen MR) is 81.0 cm³/mol. The fourth-order valence-corrected chi connectivity index (χ4v) is 2.75. The molecule has 0 bridgehead atoms. The van der Waals surface area contributed by atoms with Gasteiger partial charge in [-0.3, -0.25) is 9.69 Å². The molecule has 112 valence electrons. The van der Waals surface area contributed by atoms with Gasteiger partial charge in [0.05, 0.1) is 23.5 Å². The highest BCUT2D eigenvalue weighted by molar-refractivity contribution is 6.01. The SMILES string of the molecule is CCC(=O)c1cnn2cc(OCCN3CCCC3)ccc12. The van der Waals surface area contributed by atoms with Crippen molar-refractivity contribution >= 4 is 11.3 Å². The van der Waals surface area contributed by atoms with Gasteiger partial charge >= 0.3 is 0 Å². The van der Waals surface area contributed by atoms with Gasteiger partial charge in [0.1, 0.15) is 12.4 Å². The summed E-state index contributed by atoms with van der Waals surface area (Å²) >= 11 is 0. The lowest BCUT2D eigenvalue weighted by Crippen LogP contribution is -2.25. The molecule has 1 saturated heterocycles. The first kappa shape index (κ1) is 14.1. The van der Waals surface area contributed by atoms with E-state index in [1.165, 1.54) is 25.9 Å². The van der Waals surface area contributed by atoms with E-state index >= 15 is 0 Å². The third-order valence-electron chi connectivity index (χ3n) is 3.99. The average molecular weight is 287 g/mol. The van der Waals surface area contributed by atoms with Crippen LogP contribution in [-0.4, -0.2) is 46.5 Å². The molecule has 0 saturated carbocycles. The number of hydrogen-bond donors (Lipinski definition) is 0. The Labute approximate surface area is 124 Å². The Bertz CT molecular complexity index is 629. The Morgan fingerprint density at radius 2 is 2.14 bits per heavy atom. The number of carbonyl (C=O) groups is 1. The summed E-state index contributed by atoms with van der Waals surface area (Å²) in [6.07, 6.45) is 6.57. The molecule has 1 aliphatic rings. The Morgan fingerprint density at radius 3 is 2.90 bits per heavy atom. The van der Waals surface area contributed by atoms with E-state index in [9.17, 15) is 4.79 Å². The van der Waals surface area contributed by atoms with Crippen molar-refractivity contribution in [2.24, 2.45) is 0 Å². The van der Waals surface area contributed by atoms with Crippen LogP contribution in [-0.2, 0) is 0 Å². The molecule has 0 N–H and O–H groups in total. The Kier molecular flexibility index (Phi) is 4.20. The van der Waals surface area contributed by atoms with Crippen molar-refractivity contribution in [3.05, 3.63) is 30.1 Å². The van der Waals surface area contributed by atoms with Crippen molar-refractivity contribution in [3.8, 4) is 5.75 Å². The zero-order valence-corrected chi connectivity index (χ0v) is 12.4. The highest BCUT2D eigenvalue weighted by atomic mass is 16.5. The fraction of sp³-hybridized carbons (Fsp3) is 0.500. The molecular formula is C16H21N3O2. The predicted octanol–water partition coefficient (Wildman–Crippen LogP) is 2.40. The van der Waals surface area contributed by atoms with Crippen LogP contribution in [0.3, 0.4) is 0 Å². The topological polar surface area (TPSA) is 46.8 Å². The Morgan fingerprint density at radius 1 is 1.33 bits per heavy atom. The number of likely N-dealkylation sites (tertiary alicyclic amines) is 1. The lowest BCUT2D eigenvalue weighted by Gasteiger charge is -2.14. The van der Waals surface area contributed by atoms with Gasteiger partial charge in [0, 0.05) is 13.0 Å². The van der Waals surface area contributed by atoms with Crippen LogP contribution >= 0.6 is 0 Å². The second-order valence-electron chi connectivity index (χ2n) is 5.43. The van der Waals surface area contributed by atoms with Crippen LogP contribution in [0.5, 0.6) is 5.75 Å². The highest BCUT2D eigenvalue weighted by Gasteiger charge is 2.12. The van der Waals surface area contributed by atoms with Crippen LogP contribution in [0.25, 0.3) is 5.52 Å². The van der Waals surface area contributed by atoms with E-state index in [1.54, 1.807) is 10.7 Å². The Hall–Kier alpha value is -1.88. The summed E-state index contributed by atoms with van der Waals surface area (Å²) in [6.45, 7) is 5.89. The molecule has 3 rings (SSSR count). The van der Waals surface area contributed by atoms with E-state index < -0.39 is 0 Å². The fourth-order valence-electron chi connectivity index (χ4n) is 2.75. The van der Waals surface area contributed by atoms with Crippen LogP contribution in [0.1, 0.15) is 36.5 Å². The maximum atomic E-state index is 11.8. The van der Waals surface area contributed by atoms with Gasteiger partial charge in [-0.05, 0) is 38.1 Å². The quantitative estimate of drug-likeness (QED) is 0.765. The van der Waals surface area contributed by atoms with Gasteiger partial charge in [-0.15, -0.1) is 0 Å². The molecule has 0 unspecified atom stereocenters. The first-order valence-corrected chi connectivity index (χ1v) is 7.63. The summed E-state index contributed by atoms with van der Waals surface area (Å²) in [7, 11) is 0. The van der Waals surface area contributed by atoms with E-state index in [4.69, 9.17) is 4.74 Å². The average Bonchev–Trinajstić information content (AvgIpc) is 3.15. The van der Waals surface area contributed by atoms with E-state index in [2.05, 4.69) is 10.00 Å². The van der Waals surface area contributed by atoms with Crippen LogP contribution in [0.4, 0.5) is 0 Å². The summed E-state index contributed by atoms with van der Waals surface area (Å²) in [4.78, 5) is 14.2. The summed E-state index contributed by atoms with van der Waals surface area (Å²) in [5.41, 5.74) is 1.52. The summed E-state index contributed by atoms with van der Waals surface area (Å²) in [5, 5.41) is 4.24. The van der Waals surface area contributed by atoms with Crippen LogP contribution in [0, 0.1) is 0 Å². The summed E-state index contributed by atoms with van der Waals surface area (Å²) in [6, 6.07) is 3.81. The number of Topliss-reactive ketones (excluding diaryl/α,β-unsaturated/α-hetero) is 1. The number of rotatable bonds is 6. The molecule has 0 atom stereocenters. The molecule has 0 radical (unpaired) electrons. The minimum atomic E-state index is 0.118. The van der Waals surface area contributed by atoms with Crippen molar-refractivity contribution in [1.82, 2.24) is 14.5 Å². The lowest BCUT2D eigenvalue weighted by atomic mass is 10.1. The molecule has 2 aromatic heterocycles. The maximum absolute atomic E-state index is 11.8. The number of nitrogens with zero attached hydrogens (tertiary/aromatic N) is 3. The van der Waals surface area contributed by atoms with Crippen molar-refractivity contribution in [3.63, 3.8) is 0 Å². The smallest absolute Gasteiger partial charge is 0.166 e. The summed E-state index contributed by atoms with van der Waals surface area (Å²) < 4.78 is 7.50. The maximum Gasteiger partial charge on any atom is 0.166 e. The van der Waals surface area contributed by atoms with Crippen molar-refractivity contribution in [2.45, 2.75) is 26.2 Å². The standard InChI is InChI=1S/C16H21N3O2/c1-2-16(20)14-11-17-19-12-13(5-6-15(14)19)21-10-9-18-7-3-4-8-18/h5-6,11-12H,2-4,7-10H2,1H3. The van der Waals surface area contributed by atoms with Gasteiger partial charge in [-0.2, -0.15) is 5.10 Å². The molecule has 21 heavy (non-hydrogen) atoms. The molecule has 0 spiro atoms. The first-order valence-electron chi connectivity index (χ1n) is 7.63. The number of aromatic nitrogens is 2. The molecule has 5 nitrogen and oxygen atoms in total.